The van der Waals surface area contributed by atoms with Crippen LogP contribution in [0.5, 0.6) is 34.5 Å². The Bertz CT molecular complexity index is 5960. The summed E-state index contributed by atoms with van der Waals surface area (Å²) < 4.78 is 76.6. The van der Waals surface area contributed by atoms with Gasteiger partial charge in [-0.05, 0) is 229 Å². The second kappa shape index (κ2) is 35.7. The molecule has 594 valence electrons. The molecule has 29 heteroatoms. The number of carbonyl (C=O) groups excluding carboxylic acids is 3. The fourth-order valence-electron chi connectivity index (χ4n) is 14.7. The number of carbonyl (C=O) groups is 3. The smallest absolute Gasteiger partial charge is 0.416 e. The molecule has 3 aliphatic rings. The summed E-state index contributed by atoms with van der Waals surface area (Å²) in [4.78, 5) is 65.5. The van der Waals surface area contributed by atoms with E-state index >= 15 is 0 Å². The Balaban J connectivity index is 0.000000131. The lowest BCUT2D eigenvalue weighted by Gasteiger charge is -2.35. The van der Waals surface area contributed by atoms with E-state index in [9.17, 15) is 27.6 Å². The lowest BCUT2D eigenvalue weighted by Crippen LogP contribution is -2.42. The maximum absolute atomic E-state index is 13.4. The largest absolute Gasteiger partial charge is 0.492 e. The maximum Gasteiger partial charge on any atom is 0.416 e. The molecule has 5 N–H and O–H groups in total. The number of H-pyrrole nitrogens is 3. The van der Waals surface area contributed by atoms with E-state index in [4.69, 9.17) is 63.2 Å². The molecule has 0 saturated carbocycles. The number of rotatable bonds is 20. The molecule has 3 amide bonds. The van der Waals surface area contributed by atoms with Gasteiger partial charge < -0.3 is 54.0 Å². The van der Waals surface area contributed by atoms with Crippen molar-refractivity contribution >= 4 is 119 Å². The van der Waals surface area contributed by atoms with Crippen molar-refractivity contribution in [1.82, 2.24) is 49.4 Å². The number of thiazole rings is 2. The topological polar surface area (TPSA) is 231 Å². The molecule has 3 unspecified atom stereocenters. The van der Waals surface area contributed by atoms with Crippen molar-refractivity contribution in [3.8, 4) is 34.5 Å². The molecule has 18 rings (SSSR count). The summed E-state index contributed by atoms with van der Waals surface area (Å²) in [7, 11) is 0. The van der Waals surface area contributed by atoms with E-state index in [1.165, 1.54) is 84.1 Å². The number of hydrogen-bond donors (Lipinski definition) is 5. The van der Waals surface area contributed by atoms with Crippen molar-refractivity contribution in [2.24, 2.45) is 0 Å². The number of aromatic amines is 3. The van der Waals surface area contributed by atoms with Crippen LogP contribution in [0.4, 0.5) is 37.8 Å². The first-order valence-corrected chi connectivity index (χ1v) is 40.4. The molecular weight excluding hydrogens is 1600 g/mol. The Hall–Kier alpha value is -12.5. The van der Waals surface area contributed by atoms with Crippen LogP contribution in [0.2, 0.25) is 15.1 Å². The molecule has 3 atom stereocenters. The van der Waals surface area contributed by atoms with Crippen LogP contribution in [-0.4, -0.2) is 120 Å². The average Bonchev–Trinajstić information content (AvgIpc) is 1.63. The molecule has 21 nitrogen and oxygen atoms in total. The van der Waals surface area contributed by atoms with Gasteiger partial charge in [0.15, 0.2) is 10.3 Å². The molecule has 0 spiro atoms. The summed E-state index contributed by atoms with van der Waals surface area (Å²) in [5, 5.41) is 19.4. The van der Waals surface area contributed by atoms with Crippen LogP contribution in [0.15, 0.2) is 236 Å². The van der Waals surface area contributed by atoms with Gasteiger partial charge in [-0.2, -0.15) is 5.10 Å². The molecule has 3 aliphatic heterocycles. The zero-order chi connectivity index (χ0) is 80.5. The molecule has 6 aromatic heterocycles. The van der Waals surface area contributed by atoms with Crippen molar-refractivity contribution < 1.29 is 56.0 Å². The van der Waals surface area contributed by atoms with Gasteiger partial charge in [0, 0.05) is 120 Å². The van der Waals surface area contributed by atoms with Crippen molar-refractivity contribution in [2.45, 2.75) is 50.9 Å². The van der Waals surface area contributed by atoms with Gasteiger partial charge in [-0.1, -0.05) is 71.2 Å². The molecule has 0 fully saturated rings. The van der Waals surface area contributed by atoms with Gasteiger partial charge in [-0.15, -0.1) is 22.7 Å². The first-order valence-electron chi connectivity index (χ1n) is 37.6. The first kappa shape index (κ1) is 78.4. The Kier molecular flexibility index (Phi) is 24.0. The zero-order valence-electron chi connectivity index (χ0n) is 62.6. The van der Waals surface area contributed by atoms with Gasteiger partial charge in [-0.3, -0.25) is 19.4 Å². The normalized spacial score (nSPS) is 14.8. The van der Waals surface area contributed by atoms with Gasteiger partial charge in [0.1, 0.15) is 89.9 Å². The number of halogens is 6. The number of anilines is 2. The minimum absolute atomic E-state index is 0.282. The van der Waals surface area contributed by atoms with Gasteiger partial charge in [0.25, 0.3) is 0 Å². The van der Waals surface area contributed by atoms with Crippen LogP contribution in [0, 0.1) is 24.4 Å². The third kappa shape index (κ3) is 18.5. The molecule has 0 saturated heterocycles. The van der Waals surface area contributed by atoms with Crippen LogP contribution >= 0.6 is 57.5 Å². The predicted octanol–water partition coefficient (Wildman–Crippen LogP) is 20.8. The van der Waals surface area contributed by atoms with Gasteiger partial charge in [-0.25, -0.2) is 37.5 Å². The van der Waals surface area contributed by atoms with Crippen LogP contribution < -0.4 is 39.1 Å². The Labute approximate surface area is 692 Å². The molecule has 9 aromatic carbocycles. The average molecular weight is 1670 g/mol. The fraction of sp³-hybridized carbons (Fsp3) is 0.182. The van der Waals surface area contributed by atoms with E-state index in [0.29, 0.717) is 93.4 Å². The third-order valence-corrected chi connectivity index (χ3v) is 22.4. The molecule has 0 bridgehead atoms. The Morgan fingerprint density at radius 1 is 0.462 bits per heavy atom. The summed E-state index contributed by atoms with van der Waals surface area (Å²) in [5.74, 6) is 1.83. The highest BCUT2D eigenvalue weighted by atomic mass is 35.5. The zero-order valence-corrected chi connectivity index (χ0v) is 66.5. The van der Waals surface area contributed by atoms with E-state index < -0.39 is 53.9 Å². The predicted molar refractivity (Wildman–Crippen MR) is 448 cm³/mol. The monoisotopic (exact) mass is 1670 g/mol. The van der Waals surface area contributed by atoms with E-state index in [0.717, 1.165) is 116 Å². The highest BCUT2D eigenvalue weighted by Crippen LogP contribution is 2.44. The lowest BCUT2D eigenvalue weighted by molar-refractivity contribution is 0.134. The first-order chi connectivity index (χ1) is 57.0. The maximum atomic E-state index is 13.4. The number of hydrogen-bond acceptors (Lipinski definition) is 16. The van der Waals surface area contributed by atoms with E-state index in [-0.39, 0.29) is 17.2 Å². The molecule has 15 aromatic rings. The lowest BCUT2D eigenvalue weighted by atomic mass is 9.92. The number of nitrogens with zero attached hydrogens (tertiary/aromatic N) is 7. The molecular formula is C88H74Cl3F3N12O9S2. The highest BCUT2D eigenvalue weighted by Gasteiger charge is 2.39. The molecule has 9 heterocycles. The van der Waals surface area contributed by atoms with Crippen LogP contribution in [0.1, 0.15) is 73.5 Å². The standard InChI is InChI=1S/C30H26ClFN4O3S.C29H24ClFN4O3S.C29H24ClFN4O3/c1-18-17-34-29(40-18)33-13-15-38-22-7-2-19(3-8-22)28-27-24(25-16-20(31)4-11-26(25)35-27)12-14-36(28)30(37)39-23-9-5-21(32)6-10-23;30-19-3-10-25-24(17-19)23-11-14-35(29(36)38-22-8-4-20(31)5-9-22)27(26(23)34-25)18-1-6-21(7-2-18)37-15-12-32-28-33-13-16-39-28;30-20-4-11-26-25(18-20)24-12-15-35(29(36)38-23-9-5-21(31)6-10-23)28(27(24)33-26)19-2-7-22(8-3-19)37-17-16-34-14-1-13-32-34/h2-11,16-17,28,35H,12-15H2,1H3,(H,33,34);1-10,13,16-17,27,34H,11-12,14-15H2,(H,32,33);1-11,13-14,18,28,33H,12,15-17H2. The number of aryl methyl sites for hydroxylation is 1. The third-order valence-electron chi connectivity index (χ3n) is 20.1. The minimum atomic E-state index is -0.512. The number of ether oxygens (including phenoxy) is 6. The number of benzene rings is 9. The SMILES string of the molecule is Cc1cnc(NCCOc2ccc(C3c4[nH]c5ccc(Cl)cc5c4CCN3C(=O)Oc3ccc(F)cc3)cc2)s1.O=C(Oc1ccc(F)cc1)N1CCc2c([nH]c3ccc(Cl)cc23)C1c1ccc(OCCNc2nccs2)cc1.O=C(Oc1ccc(F)cc1)N1CCc2c([nH]c3ccc(Cl)cc23)C1c1ccc(OCCn2cccn2)cc1. The van der Waals surface area contributed by atoms with Crippen LogP contribution in [0.3, 0.4) is 0 Å². The second-order valence-corrected chi connectivity index (χ2v) is 31.1. The van der Waals surface area contributed by atoms with E-state index in [2.05, 4.69) is 40.7 Å². The van der Waals surface area contributed by atoms with Gasteiger partial charge in [0.2, 0.25) is 0 Å². The number of nitrogens with one attached hydrogen (secondary N) is 5. The summed E-state index contributed by atoms with van der Waals surface area (Å²) in [6, 6.07) is 57.2. The second-order valence-electron chi connectivity index (χ2n) is 27.6. The Morgan fingerprint density at radius 2 is 0.829 bits per heavy atom. The van der Waals surface area contributed by atoms with Crippen LogP contribution in [-0.2, 0) is 25.8 Å². The van der Waals surface area contributed by atoms with Gasteiger partial charge >= 0.3 is 18.3 Å². The summed E-state index contributed by atoms with van der Waals surface area (Å²) in [5.41, 5.74) is 11.7. The summed E-state index contributed by atoms with van der Waals surface area (Å²) in [6.07, 6.45) is 7.59. The Morgan fingerprint density at radius 3 is 1.17 bits per heavy atom. The quantitative estimate of drug-likeness (QED) is 0.0447. The van der Waals surface area contributed by atoms with Crippen molar-refractivity contribution in [3.63, 3.8) is 0 Å². The van der Waals surface area contributed by atoms with Gasteiger partial charge in [0.05, 0.1) is 19.6 Å². The van der Waals surface area contributed by atoms with E-state index in [1.807, 2.05) is 163 Å². The highest BCUT2D eigenvalue weighted by molar-refractivity contribution is 7.15. The number of amides is 3. The van der Waals surface area contributed by atoms with Crippen molar-refractivity contribution in [3.05, 3.63) is 324 Å². The van der Waals surface area contributed by atoms with Crippen LogP contribution in [0.25, 0.3) is 32.7 Å². The molecule has 0 radical (unpaired) electrons. The minimum Gasteiger partial charge on any atom is -0.492 e. The fourth-order valence-corrected chi connectivity index (χ4v) is 16.5. The van der Waals surface area contributed by atoms with Crippen molar-refractivity contribution in [2.75, 3.05) is 63.2 Å². The van der Waals surface area contributed by atoms with E-state index in [1.54, 1.807) is 38.4 Å². The van der Waals surface area contributed by atoms with Crippen molar-refractivity contribution in [1.29, 1.82) is 0 Å². The molecule has 117 heavy (non-hydrogen) atoms. The molecule has 0 aliphatic carbocycles. The summed E-state index contributed by atoms with van der Waals surface area (Å²) in [6.45, 7) is 6.67. The summed E-state index contributed by atoms with van der Waals surface area (Å²) >= 11 is 22.1. The number of fused-ring (bicyclic) bond motifs is 9. The number of aromatic nitrogens is 7.